The van der Waals surface area contributed by atoms with Gasteiger partial charge >= 0.3 is 0 Å². The van der Waals surface area contributed by atoms with Crippen LogP contribution in [0.3, 0.4) is 0 Å². The third-order valence-electron chi connectivity index (χ3n) is 1.17. The summed E-state index contributed by atoms with van der Waals surface area (Å²) in [6, 6.07) is 0. The van der Waals surface area contributed by atoms with E-state index in [4.69, 9.17) is 0 Å². The van der Waals surface area contributed by atoms with Crippen molar-refractivity contribution in [3.63, 3.8) is 0 Å². The zero-order chi connectivity index (χ0) is 7.98. The smallest absolute Gasteiger partial charge is 0.0845 e. The third kappa shape index (κ3) is 3.75. The van der Waals surface area contributed by atoms with Crippen LogP contribution in [-0.2, 0) is 0 Å². The molecule has 0 aliphatic heterocycles. The fraction of sp³-hybridized carbons (Fsp3) is 0.500. The molecule has 0 aliphatic rings. The zero-order valence-electron chi connectivity index (χ0n) is 6.34. The second-order valence-corrected chi connectivity index (χ2v) is 3.15. The summed E-state index contributed by atoms with van der Waals surface area (Å²) in [5, 5.41) is 11.0. The second-order valence-electron chi connectivity index (χ2n) is 2.06. The van der Waals surface area contributed by atoms with Crippen molar-refractivity contribution in [1.29, 1.82) is 0 Å². The molecule has 0 spiro atoms. The summed E-state index contributed by atoms with van der Waals surface area (Å²) in [5.41, 5.74) is 0. The lowest BCUT2D eigenvalue weighted by atomic mass is 10.2. The minimum atomic E-state index is -0.368. The Morgan fingerprint density at radius 2 is 2.40 bits per heavy atom. The molecule has 1 unspecified atom stereocenters. The van der Waals surface area contributed by atoms with E-state index in [1.807, 2.05) is 6.92 Å². The van der Waals surface area contributed by atoms with Crippen LogP contribution in [0.4, 0.5) is 0 Å². The van der Waals surface area contributed by atoms with Crippen molar-refractivity contribution in [1.82, 2.24) is 0 Å². The van der Waals surface area contributed by atoms with Gasteiger partial charge in [-0.15, -0.1) is 11.8 Å². The minimum absolute atomic E-state index is 0.368. The lowest BCUT2D eigenvalue weighted by molar-refractivity contribution is 0.208. The van der Waals surface area contributed by atoms with Crippen molar-refractivity contribution in [3.8, 4) is 0 Å². The standard InChI is InChI=1S/C8H14OS/c1-4-6-8(9)7(3)10-5-2/h5,8-9H,2-4,6H2,1H3. The van der Waals surface area contributed by atoms with Crippen LogP contribution < -0.4 is 0 Å². The number of hydrogen-bond acceptors (Lipinski definition) is 2. The molecule has 0 fully saturated rings. The Kier molecular flexibility index (Phi) is 5.45. The van der Waals surface area contributed by atoms with Gasteiger partial charge in [-0.3, -0.25) is 0 Å². The van der Waals surface area contributed by atoms with E-state index in [2.05, 4.69) is 13.2 Å². The molecule has 0 radical (unpaired) electrons. The summed E-state index contributed by atoms with van der Waals surface area (Å²) in [4.78, 5) is 0.789. The maximum absolute atomic E-state index is 9.28. The van der Waals surface area contributed by atoms with Crippen LogP contribution in [0.15, 0.2) is 23.5 Å². The van der Waals surface area contributed by atoms with Crippen LogP contribution in [0.1, 0.15) is 19.8 Å². The van der Waals surface area contributed by atoms with Gasteiger partial charge in [-0.1, -0.05) is 26.5 Å². The normalized spacial score (nSPS) is 12.6. The first kappa shape index (κ1) is 9.79. The van der Waals surface area contributed by atoms with Gasteiger partial charge in [0.1, 0.15) is 0 Å². The molecule has 0 aromatic heterocycles. The van der Waals surface area contributed by atoms with Crippen LogP contribution in [-0.4, -0.2) is 11.2 Å². The van der Waals surface area contributed by atoms with Gasteiger partial charge in [-0.05, 0) is 11.8 Å². The van der Waals surface area contributed by atoms with Crippen LogP contribution in [0, 0.1) is 0 Å². The van der Waals surface area contributed by atoms with E-state index in [9.17, 15) is 5.11 Å². The highest BCUT2D eigenvalue weighted by Gasteiger charge is 2.05. The molecule has 1 atom stereocenters. The monoisotopic (exact) mass is 158 g/mol. The van der Waals surface area contributed by atoms with Crippen molar-refractivity contribution >= 4 is 11.8 Å². The van der Waals surface area contributed by atoms with Crippen molar-refractivity contribution in [3.05, 3.63) is 23.5 Å². The molecule has 0 aliphatic carbocycles. The number of thioether (sulfide) groups is 1. The predicted octanol–water partition coefficient (Wildman–Crippen LogP) is 2.54. The average Bonchev–Trinajstić information content (AvgIpc) is 1.89. The van der Waals surface area contributed by atoms with Crippen LogP contribution >= 0.6 is 11.8 Å². The molecule has 0 saturated carbocycles. The van der Waals surface area contributed by atoms with Crippen LogP contribution in [0.2, 0.25) is 0 Å². The highest BCUT2D eigenvalue weighted by molar-refractivity contribution is 8.05. The number of hydrogen-bond donors (Lipinski definition) is 1. The van der Waals surface area contributed by atoms with Gasteiger partial charge in [0, 0.05) is 4.91 Å². The number of rotatable bonds is 5. The first-order chi connectivity index (χ1) is 4.72. The van der Waals surface area contributed by atoms with Gasteiger partial charge in [-0.25, -0.2) is 0 Å². The van der Waals surface area contributed by atoms with E-state index in [1.165, 1.54) is 11.8 Å². The van der Waals surface area contributed by atoms with Crippen molar-refractivity contribution in [2.45, 2.75) is 25.9 Å². The van der Waals surface area contributed by atoms with E-state index in [-0.39, 0.29) is 6.10 Å². The first-order valence-electron chi connectivity index (χ1n) is 3.36. The zero-order valence-corrected chi connectivity index (χ0v) is 7.16. The van der Waals surface area contributed by atoms with Crippen molar-refractivity contribution < 1.29 is 5.11 Å². The maximum atomic E-state index is 9.28. The molecule has 0 aromatic carbocycles. The summed E-state index contributed by atoms with van der Waals surface area (Å²) in [6.45, 7) is 9.28. The number of aliphatic hydroxyl groups is 1. The molecule has 10 heavy (non-hydrogen) atoms. The Hall–Kier alpha value is -0.210. The first-order valence-corrected chi connectivity index (χ1v) is 4.24. The molecule has 2 heteroatoms. The molecule has 1 N–H and O–H groups in total. The van der Waals surface area contributed by atoms with Crippen LogP contribution in [0.5, 0.6) is 0 Å². The Bertz CT molecular complexity index is 120. The highest BCUT2D eigenvalue weighted by atomic mass is 32.2. The summed E-state index contributed by atoms with van der Waals surface area (Å²) < 4.78 is 0. The summed E-state index contributed by atoms with van der Waals surface area (Å²) in [6.07, 6.45) is 1.41. The maximum Gasteiger partial charge on any atom is 0.0845 e. The molecule has 0 rings (SSSR count). The molecule has 1 nitrogen and oxygen atoms in total. The Labute approximate surface area is 66.8 Å². The second kappa shape index (κ2) is 5.57. The highest BCUT2D eigenvalue weighted by Crippen LogP contribution is 2.20. The summed E-state index contributed by atoms with van der Waals surface area (Å²) >= 11 is 1.40. The van der Waals surface area contributed by atoms with Gasteiger partial charge in [0.15, 0.2) is 0 Å². The molecule has 0 aromatic rings. The molecule has 0 heterocycles. The van der Waals surface area contributed by atoms with Gasteiger partial charge in [-0.2, -0.15) is 0 Å². The molecular formula is C8H14OS. The van der Waals surface area contributed by atoms with E-state index < -0.39 is 0 Å². The fourth-order valence-electron chi connectivity index (χ4n) is 0.620. The molecule has 0 saturated heterocycles. The quantitative estimate of drug-likeness (QED) is 0.663. The lowest BCUT2D eigenvalue weighted by Crippen LogP contribution is -2.05. The average molecular weight is 158 g/mol. The topological polar surface area (TPSA) is 20.2 Å². The van der Waals surface area contributed by atoms with Crippen LogP contribution in [0.25, 0.3) is 0 Å². The molecule has 58 valence electrons. The SMILES string of the molecule is C=CSC(=C)C(O)CCC. The fourth-order valence-corrected chi connectivity index (χ4v) is 1.11. The van der Waals surface area contributed by atoms with E-state index in [1.54, 1.807) is 5.41 Å². The largest absolute Gasteiger partial charge is 0.388 e. The minimum Gasteiger partial charge on any atom is -0.388 e. The van der Waals surface area contributed by atoms with Crippen molar-refractivity contribution in [2.75, 3.05) is 0 Å². The van der Waals surface area contributed by atoms with Gasteiger partial charge < -0.3 is 5.11 Å². The van der Waals surface area contributed by atoms with E-state index >= 15 is 0 Å². The summed E-state index contributed by atoms with van der Waals surface area (Å²) in [7, 11) is 0. The van der Waals surface area contributed by atoms with E-state index in [0.717, 1.165) is 17.7 Å². The Balaban J connectivity index is 3.58. The summed E-state index contributed by atoms with van der Waals surface area (Å²) in [5.74, 6) is 0. The van der Waals surface area contributed by atoms with Gasteiger partial charge in [0.25, 0.3) is 0 Å². The number of aliphatic hydroxyl groups excluding tert-OH is 1. The van der Waals surface area contributed by atoms with E-state index in [0.29, 0.717) is 0 Å². The molecular weight excluding hydrogens is 144 g/mol. The molecule has 0 amide bonds. The Morgan fingerprint density at radius 1 is 1.80 bits per heavy atom. The Morgan fingerprint density at radius 3 is 2.80 bits per heavy atom. The third-order valence-corrected chi connectivity index (χ3v) is 1.91. The van der Waals surface area contributed by atoms with Gasteiger partial charge in [0.05, 0.1) is 6.10 Å². The van der Waals surface area contributed by atoms with Gasteiger partial charge in [0.2, 0.25) is 0 Å². The molecule has 0 bridgehead atoms. The predicted molar refractivity (Wildman–Crippen MR) is 47.8 cm³/mol. The lowest BCUT2D eigenvalue weighted by Gasteiger charge is -2.08. The van der Waals surface area contributed by atoms with Crippen molar-refractivity contribution in [2.24, 2.45) is 0 Å².